The molecule has 0 saturated carbocycles. The Kier molecular flexibility index (Phi) is 4.24. The Bertz CT molecular complexity index is 793. The van der Waals surface area contributed by atoms with Gasteiger partial charge in [-0.15, -0.1) is 5.06 Å². The van der Waals surface area contributed by atoms with Crippen LogP contribution in [0.1, 0.15) is 43.5 Å². The molecule has 0 radical (unpaired) electrons. The largest absolute Gasteiger partial charge is 0.508 e. The molecule has 0 saturated heterocycles. The van der Waals surface area contributed by atoms with Crippen molar-refractivity contribution >= 4 is 11.3 Å². The van der Waals surface area contributed by atoms with Gasteiger partial charge in [0, 0.05) is 31.4 Å². The third kappa shape index (κ3) is 2.85. The van der Waals surface area contributed by atoms with Gasteiger partial charge >= 0.3 is 0 Å². The van der Waals surface area contributed by atoms with Crippen LogP contribution in [0.2, 0.25) is 0 Å². The maximum absolute atomic E-state index is 10.4. The number of aryl methyl sites for hydroxylation is 1. The average molecular weight is 329 g/mol. The van der Waals surface area contributed by atoms with Gasteiger partial charge in [-0.2, -0.15) is 5.10 Å². The maximum Gasteiger partial charge on any atom is 0.165 e. The Morgan fingerprint density at radius 2 is 2.00 bits per heavy atom. The second-order valence-electron chi connectivity index (χ2n) is 6.31. The second kappa shape index (κ2) is 6.20. The summed E-state index contributed by atoms with van der Waals surface area (Å²) in [6.45, 7) is 7.32. The third-order valence-corrected chi connectivity index (χ3v) is 4.22. The molecule has 6 nitrogen and oxygen atoms in total. The van der Waals surface area contributed by atoms with Crippen LogP contribution in [0.5, 0.6) is 11.5 Å². The number of likely N-dealkylation sites (N-methyl/N-ethyl adjacent to an activating group) is 1. The molecule has 1 aliphatic heterocycles. The van der Waals surface area contributed by atoms with Crippen LogP contribution in [0.25, 0.3) is 11.3 Å². The molecule has 1 aliphatic rings. The van der Waals surface area contributed by atoms with Crippen molar-refractivity contribution in [1.82, 2.24) is 14.8 Å². The number of phenolic OH excluding ortho intramolecular Hbond substituents is 2. The van der Waals surface area contributed by atoms with E-state index in [1.807, 2.05) is 45.1 Å². The van der Waals surface area contributed by atoms with Crippen LogP contribution < -0.4 is 0 Å². The smallest absolute Gasteiger partial charge is 0.165 e. The summed E-state index contributed by atoms with van der Waals surface area (Å²) in [4.78, 5) is 5.95. The first-order chi connectivity index (χ1) is 11.4. The first kappa shape index (κ1) is 16.4. The highest BCUT2D eigenvalue weighted by Crippen LogP contribution is 2.41. The summed E-state index contributed by atoms with van der Waals surface area (Å²) in [7, 11) is 1.87. The number of aromatic nitrogens is 2. The molecular formula is C18H23N3O3. The zero-order chi connectivity index (χ0) is 17.4. The third-order valence-electron chi connectivity index (χ3n) is 4.22. The first-order valence-electron chi connectivity index (χ1n) is 8.13. The lowest BCUT2D eigenvalue weighted by Crippen LogP contribution is -2.18. The van der Waals surface area contributed by atoms with E-state index in [4.69, 9.17) is 4.84 Å². The summed E-state index contributed by atoms with van der Waals surface area (Å²) in [5.41, 5.74) is 3.09. The van der Waals surface area contributed by atoms with Gasteiger partial charge in [-0.1, -0.05) is 13.8 Å². The number of hydroxylamine groups is 2. The summed E-state index contributed by atoms with van der Waals surface area (Å²) in [5.74, 6) is 0.816. The minimum Gasteiger partial charge on any atom is -0.508 e. The molecule has 128 valence electrons. The highest BCUT2D eigenvalue weighted by molar-refractivity contribution is 5.90. The Hall–Kier alpha value is -2.47. The monoisotopic (exact) mass is 329 g/mol. The lowest BCUT2D eigenvalue weighted by molar-refractivity contribution is -0.0556. The van der Waals surface area contributed by atoms with Crippen molar-refractivity contribution in [2.75, 3.05) is 13.1 Å². The van der Waals surface area contributed by atoms with E-state index in [0.717, 1.165) is 23.4 Å². The molecule has 0 atom stereocenters. The minimum absolute atomic E-state index is 0.00159. The zero-order valence-electron chi connectivity index (χ0n) is 14.4. The highest BCUT2D eigenvalue weighted by atomic mass is 16.7. The standard InChI is InChI=1S/C18H23N3O3/c1-5-21-10-14(15-6-7-20(4)19-15)18(24-21)13-8-12(11(2)3)16(22)9-17(13)23/h6-9,11,22-23H,5,10H2,1-4H3. The van der Waals surface area contributed by atoms with Crippen molar-refractivity contribution < 1.29 is 15.1 Å². The summed E-state index contributed by atoms with van der Waals surface area (Å²) in [6, 6.07) is 5.11. The van der Waals surface area contributed by atoms with Crippen molar-refractivity contribution in [3.63, 3.8) is 0 Å². The van der Waals surface area contributed by atoms with Crippen LogP contribution in [0.3, 0.4) is 0 Å². The van der Waals surface area contributed by atoms with Gasteiger partial charge in [0.1, 0.15) is 11.5 Å². The molecule has 1 aromatic heterocycles. The van der Waals surface area contributed by atoms with Crippen LogP contribution in [-0.4, -0.2) is 38.1 Å². The normalized spacial score (nSPS) is 15.4. The molecule has 24 heavy (non-hydrogen) atoms. The molecule has 2 heterocycles. The molecular weight excluding hydrogens is 306 g/mol. The Morgan fingerprint density at radius 3 is 2.58 bits per heavy atom. The summed E-state index contributed by atoms with van der Waals surface area (Å²) in [5, 5.41) is 26.7. The van der Waals surface area contributed by atoms with Crippen LogP contribution in [0.4, 0.5) is 0 Å². The van der Waals surface area contributed by atoms with Crippen molar-refractivity contribution in [3.8, 4) is 11.5 Å². The van der Waals surface area contributed by atoms with E-state index < -0.39 is 0 Å². The SMILES string of the molecule is CCN1CC(c2ccn(C)n2)=C(c2cc(C(C)C)c(O)cc2O)O1. The van der Waals surface area contributed by atoms with E-state index in [9.17, 15) is 10.2 Å². The van der Waals surface area contributed by atoms with Gasteiger partial charge in [-0.25, -0.2) is 0 Å². The van der Waals surface area contributed by atoms with E-state index >= 15 is 0 Å². The van der Waals surface area contributed by atoms with Crippen molar-refractivity contribution in [3.05, 3.63) is 41.2 Å². The van der Waals surface area contributed by atoms with E-state index in [1.54, 1.807) is 10.7 Å². The van der Waals surface area contributed by atoms with Crippen LogP contribution >= 0.6 is 0 Å². The molecule has 1 aromatic carbocycles. The predicted molar refractivity (Wildman–Crippen MR) is 92.2 cm³/mol. The Balaban J connectivity index is 2.15. The lowest BCUT2D eigenvalue weighted by Gasteiger charge is -2.16. The number of benzene rings is 1. The predicted octanol–water partition coefficient (Wildman–Crippen LogP) is 3.09. The Morgan fingerprint density at radius 1 is 1.25 bits per heavy atom. The van der Waals surface area contributed by atoms with Gasteiger partial charge < -0.3 is 15.1 Å². The number of hydrogen-bond acceptors (Lipinski definition) is 5. The van der Waals surface area contributed by atoms with Crippen LogP contribution in [0.15, 0.2) is 24.4 Å². The lowest BCUT2D eigenvalue weighted by atomic mass is 9.96. The number of nitrogens with zero attached hydrogens (tertiary/aromatic N) is 3. The second-order valence-corrected chi connectivity index (χ2v) is 6.31. The molecule has 0 amide bonds. The minimum atomic E-state index is -0.00159. The molecule has 6 heteroatoms. The fourth-order valence-electron chi connectivity index (χ4n) is 2.86. The van der Waals surface area contributed by atoms with Gasteiger partial charge in [0.2, 0.25) is 0 Å². The van der Waals surface area contributed by atoms with E-state index in [1.165, 1.54) is 6.07 Å². The fourth-order valence-corrected chi connectivity index (χ4v) is 2.86. The van der Waals surface area contributed by atoms with Crippen molar-refractivity contribution in [2.24, 2.45) is 7.05 Å². The first-order valence-corrected chi connectivity index (χ1v) is 8.13. The maximum atomic E-state index is 10.4. The van der Waals surface area contributed by atoms with Crippen LogP contribution in [-0.2, 0) is 11.9 Å². The zero-order valence-corrected chi connectivity index (χ0v) is 14.4. The molecule has 3 rings (SSSR count). The van der Waals surface area contributed by atoms with Crippen LogP contribution in [0, 0.1) is 0 Å². The molecule has 2 aromatic rings. The van der Waals surface area contributed by atoms with Crippen molar-refractivity contribution in [2.45, 2.75) is 26.7 Å². The summed E-state index contributed by atoms with van der Waals surface area (Å²) < 4.78 is 1.74. The van der Waals surface area contributed by atoms with Gasteiger partial charge in [0.25, 0.3) is 0 Å². The number of rotatable bonds is 4. The summed E-state index contributed by atoms with van der Waals surface area (Å²) in [6.07, 6.45) is 1.88. The quantitative estimate of drug-likeness (QED) is 0.902. The number of aromatic hydroxyl groups is 2. The molecule has 0 bridgehead atoms. The van der Waals surface area contributed by atoms with E-state index in [0.29, 0.717) is 17.9 Å². The molecule has 0 spiro atoms. The number of hydrogen-bond donors (Lipinski definition) is 2. The summed E-state index contributed by atoms with van der Waals surface area (Å²) >= 11 is 0. The number of phenols is 2. The van der Waals surface area contributed by atoms with E-state index in [-0.39, 0.29) is 17.4 Å². The van der Waals surface area contributed by atoms with Crippen molar-refractivity contribution in [1.29, 1.82) is 0 Å². The molecule has 0 aliphatic carbocycles. The van der Waals surface area contributed by atoms with Gasteiger partial charge in [0.15, 0.2) is 5.76 Å². The van der Waals surface area contributed by atoms with E-state index in [2.05, 4.69) is 5.10 Å². The van der Waals surface area contributed by atoms with Gasteiger partial charge in [-0.3, -0.25) is 4.68 Å². The molecule has 2 N–H and O–H groups in total. The van der Waals surface area contributed by atoms with Gasteiger partial charge in [-0.05, 0) is 30.5 Å². The van der Waals surface area contributed by atoms with Gasteiger partial charge in [0.05, 0.1) is 17.8 Å². The topological polar surface area (TPSA) is 70.8 Å². The highest BCUT2D eigenvalue weighted by Gasteiger charge is 2.29. The molecule has 0 unspecified atom stereocenters. The Labute approximate surface area is 141 Å². The average Bonchev–Trinajstić information content (AvgIpc) is 3.13. The molecule has 0 fully saturated rings. The fraction of sp³-hybridized carbons (Fsp3) is 0.389.